The van der Waals surface area contributed by atoms with Crippen molar-refractivity contribution in [3.63, 3.8) is 0 Å². The highest BCUT2D eigenvalue weighted by atomic mass is 19.3. The molecule has 2 aliphatic heterocycles. The Bertz CT molecular complexity index is 1090. The Kier molecular flexibility index (Phi) is 5.84. The lowest BCUT2D eigenvalue weighted by Gasteiger charge is -2.32. The Morgan fingerprint density at radius 2 is 1.86 bits per heavy atom. The molecule has 0 spiro atoms. The predicted octanol–water partition coefficient (Wildman–Crippen LogP) is 4.32. The average Bonchev–Trinajstić information content (AvgIpc) is 3.65. The van der Waals surface area contributed by atoms with Gasteiger partial charge in [0.25, 0.3) is 5.92 Å². The second kappa shape index (κ2) is 9.02. The number of halogens is 2. The van der Waals surface area contributed by atoms with Crippen molar-refractivity contribution in [2.75, 3.05) is 29.9 Å². The molecule has 0 bridgehead atoms. The first kappa shape index (κ1) is 22.7. The number of hydrogen-bond acceptors (Lipinski definition) is 6. The van der Waals surface area contributed by atoms with Crippen LogP contribution in [0.5, 0.6) is 0 Å². The molecule has 0 aromatic carbocycles. The number of amides is 1. The van der Waals surface area contributed by atoms with Crippen LogP contribution in [0.3, 0.4) is 0 Å². The summed E-state index contributed by atoms with van der Waals surface area (Å²) in [6, 6.07) is 1.10. The summed E-state index contributed by atoms with van der Waals surface area (Å²) in [5.74, 6) is -1.16. The van der Waals surface area contributed by atoms with E-state index < -0.39 is 24.9 Å². The number of rotatable bonds is 5. The summed E-state index contributed by atoms with van der Waals surface area (Å²) in [6.07, 6.45) is 9.82. The summed E-state index contributed by atoms with van der Waals surface area (Å²) in [5, 5.41) is 10.9. The van der Waals surface area contributed by atoms with Crippen LogP contribution in [0.4, 0.5) is 26.4 Å². The van der Waals surface area contributed by atoms with E-state index in [1.165, 1.54) is 30.6 Å². The molecule has 1 unspecified atom stereocenters. The number of alkyl halides is 2. The van der Waals surface area contributed by atoms with Gasteiger partial charge < -0.3 is 15.1 Å². The van der Waals surface area contributed by atoms with Gasteiger partial charge in [-0.3, -0.25) is 9.89 Å². The van der Waals surface area contributed by atoms with Crippen LogP contribution >= 0.6 is 0 Å². The lowest BCUT2D eigenvalue weighted by molar-refractivity contribution is -0.134. The van der Waals surface area contributed by atoms with Gasteiger partial charge in [0.05, 0.1) is 12.2 Å². The fourth-order valence-corrected chi connectivity index (χ4v) is 6.19. The summed E-state index contributed by atoms with van der Waals surface area (Å²) < 4.78 is 29.3. The summed E-state index contributed by atoms with van der Waals surface area (Å²) in [7, 11) is 0. The van der Waals surface area contributed by atoms with Crippen LogP contribution in [0, 0.1) is 0 Å². The molecule has 10 heteroatoms. The molecule has 0 radical (unpaired) electrons. The summed E-state index contributed by atoms with van der Waals surface area (Å²) >= 11 is 0. The lowest BCUT2D eigenvalue weighted by Crippen LogP contribution is -2.48. The summed E-state index contributed by atoms with van der Waals surface area (Å²) in [6.45, 7) is 0.730. The van der Waals surface area contributed by atoms with Gasteiger partial charge in [0, 0.05) is 42.8 Å². The van der Waals surface area contributed by atoms with Crippen LogP contribution in [0.15, 0.2) is 6.07 Å². The van der Waals surface area contributed by atoms with Crippen molar-refractivity contribution in [2.45, 2.75) is 88.5 Å². The Hall–Kier alpha value is -2.78. The van der Waals surface area contributed by atoms with Crippen molar-refractivity contribution in [1.82, 2.24) is 25.1 Å². The molecule has 2 saturated heterocycles. The molecule has 8 nitrogen and oxygen atoms in total. The smallest absolute Gasteiger partial charge is 0.267 e. The number of carbonyl (C=O) groups excluding carboxylic acids is 1. The second-order valence-electron chi connectivity index (χ2n) is 10.6. The number of nitrogens with zero attached hydrogens (tertiary/aromatic N) is 5. The Labute approximate surface area is 203 Å². The highest BCUT2D eigenvalue weighted by Gasteiger charge is 2.50. The number of aromatic nitrogens is 4. The van der Waals surface area contributed by atoms with Gasteiger partial charge in [0.1, 0.15) is 11.9 Å². The van der Waals surface area contributed by atoms with Crippen molar-refractivity contribution in [3.8, 4) is 0 Å². The van der Waals surface area contributed by atoms with E-state index in [2.05, 4.69) is 15.5 Å². The summed E-state index contributed by atoms with van der Waals surface area (Å²) in [4.78, 5) is 25.9. The zero-order valence-corrected chi connectivity index (χ0v) is 20.0. The third-order valence-electron chi connectivity index (χ3n) is 8.04. The Morgan fingerprint density at radius 3 is 2.66 bits per heavy atom. The average molecular weight is 486 g/mol. The topological polar surface area (TPSA) is 90.0 Å². The van der Waals surface area contributed by atoms with Crippen LogP contribution in [-0.2, 0) is 17.6 Å². The Morgan fingerprint density at radius 1 is 1.06 bits per heavy atom. The van der Waals surface area contributed by atoms with Crippen LogP contribution in [0.2, 0.25) is 0 Å². The van der Waals surface area contributed by atoms with Crippen LogP contribution in [0.1, 0.15) is 80.7 Å². The van der Waals surface area contributed by atoms with E-state index in [-0.39, 0.29) is 11.9 Å². The molecule has 2 N–H and O–H groups in total. The number of aryl methyl sites for hydroxylation is 1. The van der Waals surface area contributed by atoms with E-state index in [1.54, 1.807) is 4.90 Å². The van der Waals surface area contributed by atoms with Crippen molar-refractivity contribution in [1.29, 1.82) is 0 Å². The van der Waals surface area contributed by atoms with Gasteiger partial charge in [-0.2, -0.15) is 10.1 Å². The quantitative estimate of drug-likeness (QED) is 0.656. The van der Waals surface area contributed by atoms with Crippen molar-refractivity contribution in [3.05, 3.63) is 23.0 Å². The molecule has 188 valence electrons. The van der Waals surface area contributed by atoms with Crippen LogP contribution in [-0.4, -0.2) is 62.6 Å². The number of likely N-dealkylation sites (tertiary alicyclic amines) is 1. The molecule has 2 aliphatic carbocycles. The van der Waals surface area contributed by atoms with E-state index >= 15 is 0 Å². The van der Waals surface area contributed by atoms with Crippen molar-refractivity contribution < 1.29 is 13.6 Å². The third-order valence-corrected chi connectivity index (χ3v) is 8.04. The van der Waals surface area contributed by atoms with Crippen LogP contribution < -0.4 is 10.2 Å². The number of anilines is 3. The molecule has 6 rings (SSSR count). The molecule has 4 heterocycles. The lowest BCUT2D eigenvalue weighted by atomic mass is 10.0. The van der Waals surface area contributed by atoms with E-state index in [4.69, 9.17) is 9.97 Å². The monoisotopic (exact) mass is 485 g/mol. The maximum Gasteiger partial charge on any atom is 0.267 e. The maximum atomic E-state index is 14.6. The SMILES string of the molecule is O=C(C1CC(F)(F)CN1c1nc2c(c(Nc3cc(C4CCCC4)[nH]n3)n1)CCC2)N1CCCCC1. The number of fused-ring (bicyclic) bond motifs is 1. The highest BCUT2D eigenvalue weighted by molar-refractivity contribution is 5.86. The molecular weight excluding hydrogens is 452 g/mol. The highest BCUT2D eigenvalue weighted by Crippen LogP contribution is 2.38. The van der Waals surface area contributed by atoms with Gasteiger partial charge in [0.2, 0.25) is 11.9 Å². The molecule has 2 aromatic rings. The van der Waals surface area contributed by atoms with Gasteiger partial charge in [-0.05, 0) is 51.4 Å². The molecule has 1 saturated carbocycles. The van der Waals surface area contributed by atoms with E-state index in [1.807, 2.05) is 6.07 Å². The first-order valence-corrected chi connectivity index (χ1v) is 13.1. The number of carbonyl (C=O) groups is 1. The first-order valence-electron chi connectivity index (χ1n) is 13.1. The molecule has 4 aliphatic rings. The predicted molar refractivity (Wildman–Crippen MR) is 128 cm³/mol. The van der Waals surface area contributed by atoms with E-state index in [0.717, 1.165) is 55.5 Å². The van der Waals surface area contributed by atoms with E-state index in [9.17, 15) is 13.6 Å². The summed E-state index contributed by atoms with van der Waals surface area (Å²) in [5.41, 5.74) is 3.02. The normalized spacial score (nSPS) is 24.2. The molecule has 2 aromatic heterocycles. The van der Waals surface area contributed by atoms with Crippen molar-refractivity contribution in [2.24, 2.45) is 0 Å². The second-order valence-corrected chi connectivity index (χ2v) is 10.6. The van der Waals surface area contributed by atoms with Gasteiger partial charge in [-0.15, -0.1) is 0 Å². The first-order chi connectivity index (χ1) is 17.0. The van der Waals surface area contributed by atoms with Crippen LogP contribution in [0.25, 0.3) is 0 Å². The standard InChI is InChI=1S/C25H33F2N7O/c26-25(27)14-20(23(35)33-11-4-1-5-12-33)34(15-25)24-28-18-10-6-9-17(18)22(30-24)29-21-13-19(31-32-21)16-7-2-3-8-16/h13,16,20H,1-12,14-15H2,(H2,28,29,30,31,32). The third kappa shape index (κ3) is 4.47. The number of aromatic amines is 1. The number of hydrogen-bond donors (Lipinski definition) is 2. The zero-order chi connectivity index (χ0) is 24.0. The fraction of sp³-hybridized carbons (Fsp3) is 0.680. The van der Waals surface area contributed by atoms with Gasteiger partial charge in [-0.1, -0.05) is 12.8 Å². The Balaban J connectivity index is 1.29. The minimum atomic E-state index is -2.95. The van der Waals surface area contributed by atoms with Crippen molar-refractivity contribution >= 4 is 23.5 Å². The molecule has 35 heavy (non-hydrogen) atoms. The van der Waals surface area contributed by atoms with Gasteiger partial charge in [0.15, 0.2) is 5.82 Å². The molecule has 1 amide bonds. The molecule has 3 fully saturated rings. The van der Waals surface area contributed by atoms with E-state index in [0.29, 0.717) is 30.6 Å². The molecular formula is C25H33F2N7O. The fourth-order valence-electron chi connectivity index (χ4n) is 6.19. The van der Waals surface area contributed by atoms with Gasteiger partial charge in [-0.25, -0.2) is 13.8 Å². The zero-order valence-electron chi connectivity index (χ0n) is 20.0. The minimum Gasteiger partial charge on any atom is -0.341 e. The molecule has 1 atom stereocenters. The van der Waals surface area contributed by atoms with Gasteiger partial charge >= 0.3 is 0 Å². The number of nitrogens with one attached hydrogen (secondary N) is 2. The maximum absolute atomic E-state index is 14.6. The minimum absolute atomic E-state index is 0.215. The largest absolute Gasteiger partial charge is 0.341 e. The number of H-pyrrole nitrogens is 1. The number of piperidine rings is 1.